The molecular weight excluding hydrogens is 893 g/mol. The van der Waals surface area contributed by atoms with Crippen molar-refractivity contribution in [2.75, 3.05) is 13.1 Å². The molecule has 0 saturated carbocycles. The van der Waals surface area contributed by atoms with Gasteiger partial charge < -0.3 is 46.3 Å². The summed E-state index contributed by atoms with van der Waals surface area (Å²) in [5, 5.41) is 27.5. The van der Waals surface area contributed by atoms with Crippen molar-refractivity contribution in [3.63, 3.8) is 0 Å². The monoisotopic (exact) mass is 946 g/mol. The van der Waals surface area contributed by atoms with Gasteiger partial charge in [-0.1, -0.05) is 45.0 Å². The average Bonchev–Trinajstić information content (AvgIpc) is 3.93. The van der Waals surface area contributed by atoms with Crippen LogP contribution in [0.5, 0.6) is 0 Å². The zero-order valence-electron chi connectivity index (χ0n) is 37.3. The highest BCUT2D eigenvalue weighted by Crippen LogP contribution is 2.32. The Morgan fingerprint density at radius 3 is 2.21 bits per heavy atom. The summed E-state index contributed by atoms with van der Waals surface area (Å²) in [6, 6.07) is 9.95. The maximum absolute atomic E-state index is 14.8. The van der Waals surface area contributed by atoms with Crippen LogP contribution in [0.25, 0.3) is 0 Å². The lowest BCUT2D eigenvalue weighted by molar-refractivity contribution is -0.384. The van der Waals surface area contributed by atoms with Crippen LogP contribution in [0, 0.1) is 15.5 Å². The molecule has 3 aromatic rings. The second kappa shape index (κ2) is 20.8. The van der Waals surface area contributed by atoms with Gasteiger partial charge >= 0.3 is 6.09 Å². The molecule has 6 amide bonds. The van der Waals surface area contributed by atoms with Crippen molar-refractivity contribution in [2.24, 2.45) is 5.41 Å². The topological polar surface area (TPSA) is 302 Å². The summed E-state index contributed by atoms with van der Waals surface area (Å²) in [4.78, 5) is 105. The van der Waals surface area contributed by atoms with Gasteiger partial charge in [-0.25, -0.2) is 4.79 Å². The number of benzene rings is 3. The fourth-order valence-corrected chi connectivity index (χ4v) is 8.91. The Morgan fingerprint density at radius 2 is 1.60 bits per heavy atom. The Labute approximate surface area is 386 Å². The highest BCUT2D eigenvalue weighted by atomic mass is 32.2. The summed E-state index contributed by atoms with van der Waals surface area (Å²) in [5.41, 5.74) is 0.732. The minimum absolute atomic E-state index is 0.112. The van der Waals surface area contributed by atoms with Gasteiger partial charge in [0.15, 0.2) is 0 Å². The van der Waals surface area contributed by atoms with Crippen LogP contribution < -0.4 is 31.9 Å². The van der Waals surface area contributed by atoms with Crippen molar-refractivity contribution in [3.8, 4) is 0 Å². The lowest BCUT2D eigenvalue weighted by atomic mass is 9.85. The molecule has 2 aliphatic heterocycles. The summed E-state index contributed by atoms with van der Waals surface area (Å²) in [6.45, 7) is 6.20. The van der Waals surface area contributed by atoms with Crippen LogP contribution in [0.4, 0.5) is 10.5 Å². The van der Waals surface area contributed by atoms with E-state index in [1.165, 1.54) is 36.1 Å². The first kappa shape index (κ1) is 49.6. The first-order chi connectivity index (χ1) is 31.6. The minimum atomic E-state index is -4.93. The molecule has 7 atom stereocenters. The second-order valence-electron chi connectivity index (χ2n) is 18.0. The van der Waals surface area contributed by atoms with Crippen molar-refractivity contribution in [3.05, 3.63) is 105 Å². The molecule has 21 nitrogen and oxygen atoms in total. The van der Waals surface area contributed by atoms with Gasteiger partial charge in [-0.15, -0.1) is 0 Å². The molecule has 2 fully saturated rings. The third-order valence-corrected chi connectivity index (χ3v) is 12.8. The second-order valence-corrected chi connectivity index (χ2v) is 19.4. The predicted octanol–water partition coefficient (Wildman–Crippen LogP) is 2.24. The van der Waals surface area contributed by atoms with Crippen LogP contribution in [0.1, 0.15) is 96.8 Å². The van der Waals surface area contributed by atoms with Crippen LogP contribution in [-0.2, 0) is 47.1 Å². The molecule has 3 aliphatic rings. The number of hydrogen-bond donors (Lipinski definition) is 7. The Morgan fingerprint density at radius 1 is 0.940 bits per heavy atom. The first-order valence-corrected chi connectivity index (χ1v) is 23.1. The molecule has 0 spiro atoms. The van der Waals surface area contributed by atoms with Gasteiger partial charge in [-0.05, 0) is 91.5 Å². The maximum Gasteiger partial charge on any atom is 0.408 e. The van der Waals surface area contributed by atoms with E-state index in [1.54, 1.807) is 20.8 Å². The first-order valence-electron chi connectivity index (χ1n) is 21.7. The van der Waals surface area contributed by atoms with Gasteiger partial charge in [0.05, 0.1) is 21.9 Å². The number of hydrogen-bond acceptors (Lipinski definition) is 13. The van der Waals surface area contributed by atoms with E-state index in [0.717, 1.165) is 42.2 Å². The molecular formula is C45H54N8O13S. The van der Waals surface area contributed by atoms with Crippen LogP contribution in [0.2, 0.25) is 0 Å². The number of fused-ring (bicyclic) bond motifs is 1. The third-order valence-electron chi connectivity index (χ3n) is 11.9. The van der Waals surface area contributed by atoms with E-state index in [4.69, 9.17) is 4.74 Å². The molecule has 1 aliphatic carbocycles. The van der Waals surface area contributed by atoms with Gasteiger partial charge in [0, 0.05) is 48.4 Å². The summed E-state index contributed by atoms with van der Waals surface area (Å²) < 4.78 is 39.8. The van der Waals surface area contributed by atoms with E-state index in [2.05, 4.69) is 31.9 Å². The van der Waals surface area contributed by atoms with Crippen LogP contribution in [-0.4, -0.2) is 114 Å². The van der Waals surface area contributed by atoms with E-state index >= 15 is 0 Å². The minimum Gasteiger partial charge on any atom is -0.445 e. The summed E-state index contributed by atoms with van der Waals surface area (Å²) in [6.07, 6.45) is 2.12. The summed E-state index contributed by atoms with van der Waals surface area (Å²) in [7, 11) is -4.93. The zero-order valence-corrected chi connectivity index (χ0v) is 38.1. The highest BCUT2D eigenvalue weighted by molar-refractivity contribution is 7.85. The zero-order chi connectivity index (χ0) is 48.8. The van der Waals surface area contributed by atoms with E-state index in [9.17, 15) is 56.6 Å². The number of nitro benzene ring substituents is 1. The third kappa shape index (κ3) is 12.6. The largest absolute Gasteiger partial charge is 0.445 e. The number of carbonyl (C=O) groups excluding carboxylic acids is 7. The molecule has 7 N–H and O–H groups in total. The van der Waals surface area contributed by atoms with E-state index in [1.807, 2.05) is 24.3 Å². The fraction of sp³-hybridized carbons (Fsp3) is 0.444. The van der Waals surface area contributed by atoms with Crippen molar-refractivity contribution in [1.82, 2.24) is 36.8 Å². The predicted molar refractivity (Wildman–Crippen MR) is 239 cm³/mol. The molecule has 0 bridgehead atoms. The maximum atomic E-state index is 14.8. The van der Waals surface area contributed by atoms with Gasteiger partial charge in [-0.2, -0.15) is 8.42 Å². The lowest BCUT2D eigenvalue weighted by Gasteiger charge is -2.36. The smallest absolute Gasteiger partial charge is 0.408 e. The summed E-state index contributed by atoms with van der Waals surface area (Å²) >= 11 is 0. The molecule has 22 heteroatoms. The number of rotatable bonds is 15. The van der Waals surface area contributed by atoms with Crippen LogP contribution in [0.15, 0.2) is 71.6 Å². The number of likely N-dealkylation sites (tertiary alicyclic amines) is 1. The van der Waals surface area contributed by atoms with Gasteiger partial charge in [0.1, 0.15) is 31.0 Å². The van der Waals surface area contributed by atoms with Crippen molar-refractivity contribution < 1.29 is 56.2 Å². The number of alkyl carbamates (subject to hydrolysis) is 1. The number of amides is 6. The molecule has 6 rings (SSSR count). The number of nitrogens with one attached hydrogen (secondary N) is 6. The molecule has 358 valence electrons. The van der Waals surface area contributed by atoms with E-state index in [0.29, 0.717) is 18.3 Å². The number of carbonyl (C=O) groups is 7. The molecule has 2 heterocycles. The lowest BCUT2D eigenvalue weighted by Crippen LogP contribution is -2.60. The Kier molecular flexibility index (Phi) is 15.4. The number of aryl methyl sites for hydroxylation is 1. The quantitative estimate of drug-likeness (QED) is 0.0498. The molecule has 67 heavy (non-hydrogen) atoms. The average molecular weight is 947 g/mol. The normalized spacial score (nSPS) is 21.1. The standard InChI is InChI=1S/C45H54N8O13S/c1-25(47-44(60)66-24-26-12-14-33(15-13-26)53(61)62)39(55)51-38(45(2,3)4)43(59)52-22-31(20-37(52)42(58)50-36-11-7-9-27-8-5-6-10-35(27)36)49-41(57)29-16-28(17-34(18-29)67(63,64)65)40(56)48-30-19-32(23-54)46-21-30/h5-6,8,10,12-18,23,25,30-32,36-38,46H,7,9,11,19-22,24H2,1-4H3,(H,47,60)(H,48,56)(H,49,57)(H,50,58)(H,51,55)(H,63,64,65)/t25-,30-,31-,32-,36+,37-,38?/m0/s1. The molecule has 0 aromatic heterocycles. The van der Waals surface area contributed by atoms with Crippen molar-refractivity contribution >= 4 is 57.7 Å². The van der Waals surface area contributed by atoms with Crippen LogP contribution in [0.3, 0.4) is 0 Å². The highest BCUT2D eigenvalue weighted by Gasteiger charge is 2.46. The molecule has 0 radical (unpaired) electrons. The number of nitrogens with zero attached hydrogens (tertiary/aromatic N) is 2. The number of aldehydes is 1. The Hall–Kier alpha value is -6.78. The van der Waals surface area contributed by atoms with Gasteiger partial charge in [-0.3, -0.25) is 38.6 Å². The van der Waals surface area contributed by atoms with Gasteiger partial charge in [0.2, 0.25) is 17.7 Å². The Balaban J connectivity index is 1.20. The SMILES string of the molecule is C[C@H](NC(=O)OCc1ccc([N+](=O)[O-])cc1)C(=O)NC(C(=O)N1C[C@@H](NC(=O)c2cc(C(=O)N[C@@H]3CN[C@H](C=O)C3)cc(S(=O)(=O)O)c2)C[C@H]1C(=O)N[C@@H]1CCCc2ccccc21)C(C)(C)C. The number of nitro groups is 1. The van der Waals surface area contributed by atoms with Crippen LogP contribution >= 0.6 is 0 Å². The molecule has 2 saturated heterocycles. The molecule has 1 unspecified atom stereocenters. The summed E-state index contributed by atoms with van der Waals surface area (Å²) in [5.74, 6) is -3.63. The number of ether oxygens (including phenoxy) is 1. The van der Waals surface area contributed by atoms with Gasteiger partial charge in [0.25, 0.3) is 27.6 Å². The Bertz CT molecular complexity index is 2530. The van der Waals surface area contributed by atoms with E-state index in [-0.39, 0.29) is 55.4 Å². The van der Waals surface area contributed by atoms with Crippen molar-refractivity contribution in [2.45, 2.75) is 114 Å². The fourth-order valence-electron chi connectivity index (χ4n) is 8.36. The number of non-ortho nitro benzene ring substituents is 1. The van der Waals surface area contributed by atoms with E-state index < -0.39 is 97.2 Å². The molecule has 3 aromatic carbocycles. The van der Waals surface area contributed by atoms with Crippen molar-refractivity contribution in [1.29, 1.82) is 0 Å².